The average molecular weight is 267 g/mol. The summed E-state index contributed by atoms with van der Waals surface area (Å²) in [6.07, 6.45) is 0.627. The molecule has 0 bridgehead atoms. The molecule has 1 amide bonds. The van der Waals surface area contributed by atoms with Crippen LogP contribution in [0.25, 0.3) is 0 Å². The molecular weight excluding hydrogens is 250 g/mol. The number of aromatic nitrogens is 1. The number of pyridine rings is 1. The van der Waals surface area contributed by atoms with E-state index in [1.54, 1.807) is 12.1 Å². The Labute approximate surface area is 111 Å². The summed E-state index contributed by atoms with van der Waals surface area (Å²) in [4.78, 5) is 34.9. The summed E-state index contributed by atoms with van der Waals surface area (Å²) in [5.74, 6) is -0.349. The molecule has 19 heavy (non-hydrogen) atoms. The molecule has 0 saturated carbocycles. The largest absolute Gasteiger partial charge is 0.384 e. The van der Waals surface area contributed by atoms with Crippen molar-refractivity contribution in [3.05, 3.63) is 23.9 Å². The van der Waals surface area contributed by atoms with E-state index in [1.807, 2.05) is 6.07 Å². The molecule has 7 heteroatoms. The van der Waals surface area contributed by atoms with Crippen LogP contribution in [0.5, 0.6) is 0 Å². The summed E-state index contributed by atoms with van der Waals surface area (Å²) < 4.78 is 0. The highest BCUT2D eigenvalue weighted by molar-refractivity contribution is 5.81. The normalized spacial score (nSPS) is 9.95. The Bertz CT molecular complexity index is 437. The molecule has 3 N–H and O–H groups in total. The number of nitrogen functional groups attached to an aromatic ring is 1. The lowest BCUT2D eigenvalue weighted by atomic mass is 10.2. The van der Waals surface area contributed by atoms with Gasteiger partial charge >= 0.3 is 5.97 Å². The Morgan fingerprint density at radius 1 is 1.37 bits per heavy atom. The summed E-state index contributed by atoms with van der Waals surface area (Å²) in [6.45, 7) is 0.439. The Morgan fingerprint density at radius 3 is 2.84 bits per heavy atom. The molecule has 0 aliphatic heterocycles. The van der Waals surface area contributed by atoms with Crippen LogP contribution in [-0.4, -0.2) is 30.5 Å². The predicted octanol–water partition coefficient (Wildman–Crippen LogP) is 0.207. The Kier molecular flexibility index (Phi) is 6.31. The van der Waals surface area contributed by atoms with Gasteiger partial charge in [-0.1, -0.05) is 6.07 Å². The number of anilines is 1. The Balaban J connectivity index is 2.18. The quantitative estimate of drug-likeness (QED) is 0.540. The molecule has 0 spiro atoms. The summed E-state index contributed by atoms with van der Waals surface area (Å²) in [6, 6.07) is 5.34. The minimum absolute atomic E-state index is 0.0177. The molecule has 1 aromatic heterocycles. The summed E-state index contributed by atoms with van der Waals surface area (Å²) >= 11 is 0. The maximum absolute atomic E-state index is 11.4. The van der Waals surface area contributed by atoms with Gasteiger partial charge in [-0.15, -0.1) is 0 Å². The van der Waals surface area contributed by atoms with Gasteiger partial charge in [0.1, 0.15) is 5.82 Å². The molecule has 104 valence electrons. The standard InChI is InChI=1S/C12H17N3O4/c1-18-19-12(17)6-5-11(16)14-8-7-9-3-2-4-10(13)15-9/h2-4H,5-8H2,1H3,(H2,13,15)(H,14,16). The molecule has 0 radical (unpaired) electrons. The number of rotatable bonds is 7. The van der Waals surface area contributed by atoms with E-state index in [9.17, 15) is 9.59 Å². The SMILES string of the molecule is COOC(=O)CCC(=O)NCCc1cccc(N)n1. The van der Waals surface area contributed by atoms with Crippen molar-refractivity contribution in [3.8, 4) is 0 Å². The molecule has 1 rings (SSSR count). The Hall–Kier alpha value is -2.15. The molecule has 0 aliphatic rings. The highest BCUT2D eigenvalue weighted by atomic mass is 17.2. The first-order valence-corrected chi connectivity index (χ1v) is 5.83. The van der Waals surface area contributed by atoms with Gasteiger partial charge in [0.2, 0.25) is 5.91 Å². The molecule has 0 saturated heterocycles. The maximum Gasteiger partial charge on any atom is 0.342 e. The van der Waals surface area contributed by atoms with Crippen LogP contribution in [0.4, 0.5) is 5.82 Å². The van der Waals surface area contributed by atoms with Crippen LogP contribution in [0.2, 0.25) is 0 Å². The third kappa shape index (κ3) is 6.37. The van der Waals surface area contributed by atoms with Gasteiger partial charge in [-0.05, 0) is 12.1 Å². The van der Waals surface area contributed by atoms with Crippen molar-refractivity contribution < 1.29 is 19.4 Å². The van der Waals surface area contributed by atoms with Gasteiger partial charge in [-0.2, -0.15) is 4.89 Å². The number of nitrogens with two attached hydrogens (primary N) is 1. The van der Waals surface area contributed by atoms with Gasteiger partial charge in [0.25, 0.3) is 0 Å². The van der Waals surface area contributed by atoms with Crippen molar-refractivity contribution in [1.29, 1.82) is 0 Å². The maximum atomic E-state index is 11.4. The van der Waals surface area contributed by atoms with E-state index in [4.69, 9.17) is 5.73 Å². The van der Waals surface area contributed by atoms with E-state index in [-0.39, 0.29) is 18.7 Å². The fourth-order valence-corrected chi connectivity index (χ4v) is 1.41. The van der Waals surface area contributed by atoms with Crippen LogP contribution in [0, 0.1) is 0 Å². The average Bonchev–Trinajstić information content (AvgIpc) is 2.37. The molecule has 0 atom stereocenters. The first-order valence-electron chi connectivity index (χ1n) is 5.83. The highest BCUT2D eigenvalue weighted by Crippen LogP contribution is 2.00. The second kappa shape index (κ2) is 8.04. The third-order valence-electron chi connectivity index (χ3n) is 2.26. The second-order valence-electron chi connectivity index (χ2n) is 3.78. The topological polar surface area (TPSA) is 104 Å². The molecule has 0 fully saturated rings. The van der Waals surface area contributed by atoms with Gasteiger partial charge in [0.05, 0.1) is 13.5 Å². The number of hydrogen-bond donors (Lipinski definition) is 2. The zero-order valence-electron chi connectivity index (χ0n) is 10.7. The number of carbonyl (C=O) groups excluding carboxylic acids is 2. The van der Waals surface area contributed by atoms with E-state index < -0.39 is 5.97 Å². The second-order valence-corrected chi connectivity index (χ2v) is 3.78. The van der Waals surface area contributed by atoms with Crippen molar-refractivity contribution in [2.45, 2.75) is 19.3 Å². The highest BCUT2D eigenvalue weighted by Gasteiger charge is 2.08. The fraction of sp³-hybridized carbons (Fsp3) is 0.417. The van der Waals surface area contributed by atoms with Crippen LogP contribution < -0.4 is 11.1 Å². The molecule has 0 aliphatic carbocycles. The number of nitrogens with one attached hydrogen (secondary N) is 1. The number of carbonyl (C=O) groups is 2. The minimum atomic E-state index is -0.574. The van der Waals surface area contributed by atoms with Gasteiger partial charge in [-0.3, -0.25) is 9.68 Å². The van der Waals surface area contributed by atoms with Crippen molar-refractivity contribution in [1.82, 2.24) is 10.3 Å². The first kappa shape index (κ1) is 14.9. The first-order chi connectivity index (χ1) is 9.11. The van der Waals surface area contributed by atoms with Crippen LogP contribution in [-0.2, 0) is 25.8 Å². The van der Waals surface area contributed by atoms with Crippen LogP contribution in [0.1, 0.15) is 18.5 Å². The zero-order valence-corrected chi connectivity index (χ0v) is 10.7. The lowest BCUT2D eigenvalue weighted by molar-refractivity contribution is -0.255. The van der Waals surface area contributed by atoms with Crippen LogP contribution in [0.3, 0.4) is 0 Å². The molecule has 7 nitrogen and oxygen atoms in total. The van der Waals surface area contributed by atoms with Crippen molar-refractivity contribution >= 4 is 17.7 Å². The number of amides is 1. The van der Waals surface area contributed by atoms with Crippen molar-refractivity contribution in [2.24, 2.45) is 0 Å². The Morgan fingerprint density at radius 2 is 2.16 bits per heavy atom. The van der Waals surface area contributed by atoms with Gasteiger partial charge in [0, 0.05) is 25.1 Å². The van der Waals surface area contributed by atoms with Gasteiger partial charge in [0.15, 0.2) is 0 Å². The third-order valence-corrected chi connectivity index (χ3v) is 2.26. The van der Waals surface area contributed by atoms with Crippen LogP contribution in [0.15, 0.2) is 18.2 Å². The van der Waals surface area contributed by atoms with Gasteiger partial charge in [-0.25, -0.2) is 9.78 Å². The number of hydrogen-bond acceptors (Lipinski definition) is 6. The molecular formula is C12H17N3O4. The molecule has 0 aromatic carbocycles. The predicted molar refractivity (Wildman–Crippen MR) is 67.7 cm³/mol. The van der Waals surface area contributed by atoms with Crippen LogP contribution >= 0.6 is 0 Å². The van der Waals surface area contributed by atoms with E-state index in [0.717, 1.165) is 5.69 Å². The lowest BCUT2D eigenvalue weighted by Crippen LogP contribution is -2.26. The number of nitrogens with zero attached hydrogens (tertiary/aromatic N) is 1. The minimum Gasteiger partial charge on any atom is -0.384 e. The monoisotopic (exact) mass is 267 g/mol. The zero-order chi connectivity index (χ0) is 14.1. The van der Waals surface area contributed by atoms with E-state index >= 15 is 0 Å². The summed E-state index contributed by atoms with van der Waals surface area (Å²) in [5.41, 5.74) is 6.34. The molecule has 1 aromatic rings. The van der Waals surface area contributed by atoms with Gasteiger partial charge < -0.3 is 11.1 Å². The van der Waals surface area contributed by atoms with Crippen molar-refractivity contribution in [2.75, 3.05) is 19.4 Å². The van der Waals surface area contributed by atoms with E-state index in [0.29, 0.717) is 18.8 Å². The summed E-state index contributed by atoms with van der Waals surface area (Å²) in [7, 11) is 1.23. The fourth-order valence-electron chi connectivity index (χ4n) is 1.41. The summed E-state index contributed by atoms with van der Waals surface area (Å²) in [5, 5.41) is 2.68. The lowest BCUT2D eigenvalue weighted by Gasteiger charge is -2.05. The molecule has 0 unspecified atom stereocenters. The van der Waals surface area contributed by atoms with E-state index in [2.05, 4.69) is 20.1 Å². The smallest absolute Gasteiger partial charge is 0.342 e. The van der Waals surface area contributed by atoms with E-state index in [1.165, 1.54) is 7.11 Å². The van der Waals surface area contributed by atoms with Crippen molar-refractivity contribution in [3.63, 3.8) is 0 Å². The molecule has 1 heterocycles.